The van der Waals surface area contributed by atoms with Crippen LogP contribution in [0.3, 0.4) is 0 Å². The number of fused-ring (bicyclic) bond motifs is 1. The zero-order chi connectivity index (χ0) is 18.3. The smallest absolute Gasteiger partial charge is 0.0978 e. The number of rotatable bonds is 3. The van der Waals surface area contributed by atoms with Gasteiger partial charge in [0.2, 0.25) is 0 Å². The lowest BCUT2D eigenvalue weighted by atomic mass is 9.83. The van der Waals surface area contributed by atoms with Crippen molar-refractivity contribution in [1.29, 1.82) is 0 Å². The van der Waals surface area contributed by atoms with Gasteiger partial charge in [0.05, 0.1) is 16.1 Å². The van der Waals surface area contributed by atoms with Crippen LogP contribution in [0.1, 0.15) is 38.2 Å². The first kappa shape index (κ1) is 17.5. The summed E-state index contributed by atoms with van der Waals surface area (Å²) in [4.78, 5) is 0. The van der Waals surface area contributed by atoms with E-state index in [1.165, 1.54) is 5.56 Å². The molecule has 0 spiro atoms. The van der Waals surface area contributed by atoms with Gasteiger partial charge in [-0.05, 0) is 79.6 Å². The first-order valence-electron chi connectivity index (χ1n) is 8.89. The summed E-state index contributed by atoms with van der Waals surface area (Å²) in [5.41, 5.74) is 2.89. The van der Waals surface area contributed by atoms with Gasteiger partial charge in [0.25, 0.3) is 0 Å². The highest BCUT2D eigenvalue weighted by molar-refractivity contribution is 7.79. The molecule has 1 aliphatic heterocycles. The van der Waals surface area contributed by atoms with Gasteiger partial charge in [0.15, 0.2) is 0 Å². The largest absolute Gasteiger partial charge is 0.767 e. The predicted molar refractivity (Wildman–Crippen MR) is 102 cm³/mol. The van der Waals surface area contributed by atoms with Crippen LogP contribution in [0, 0.1) is 0 Å². The van der Waals surface area contributed by atoms with Crippen LogP contribution >= 0.6 is 0 Å². The van der Waals surface area contributed by atoms with Crippen LogP contribution in [0.15, 0.2) is 59.6 Å². The maximum atomic E-state index is 11.8. The van der Waals surface area contributed by atoms with Crippen LogP contribution in [0.25, 0.3) is 16.6 Å². The van der Waals surface area contributed by atoms with E-state index in [4.69, 9.17) is 4.74 Å². The second-order valence-electron chi connectivity index (χ2n) is 7.50. The van der Waals surface area contributed by atoms with Gasteiger partial charge in [-0.25, -0.2) is 0 Å². The lowest BCUT2D eigenvalue weighted by molar-refractivity contribution is -0.0592. The second-order valence-corrected chi connectivity index (χ2v) is 8.39. The Morgan fingerprint density at radius 2 is 1.92 bits per heavy atom. The topological polar surface area (TPSA) is 54.3 Å². The van der Waals surface area contributed by atoms with Gasteiger partial charge in [-0.3, -0.25) is 4.21 Å². The lowest BCUT2D eigenvalue weighted by Gasteiger charge is -2.35. The van der Waals surface area contributed by atoms with Gasteiger partial charge in [-0.1, -0.05) is 24.3 Å². The molecule has 5 heteroatoms. The molecule has 1 aromatic heterocycles. The standard InChI is InChI=1S/C21H23NO3S/c1-21(2)14-16(10-11-25-21)15-8-9-19-17(12-15)13-20(26(23)24)22(19)18-6-4-3-5-7-18/h3-9,12-13,16H,10-11,14H2,1-2H3,(H,23,24)/p-1/t16-/m0/s1. The van der Waals surface area contributed by atoms with Crippen LogP contribution in [0.5, 0.6) is 0 Å². The molecule has 1 aliphatic rings. The Balaban J connectivity index is 1.82. The lowest BCUT2D eigenvalue weighted by Crippen LogP contribution is -2.32. The fraction of sp³-hybridized carbons (Fsp3) is 0.333. The summed E-state index contributed by atoms with van der Waals surface area (Å²) in [6.07, 6.45) is 1.97. The fourth-order valence-electron chi connectivity index (χ4n) is 3.94. The van der Waals surface area contributed by atoms with E-state index < -0.39 is 11.1 Å². The minimum absolute atomic E-state index is 0.116. The molecule has 0 bridgehead atoms. The number of hydrogen-bond acceptors (Lipinski definition) is 3. The summed E-state index contributed by atoms with van der Waals surface area (Å²) < 4.78 is 31.2. The summed E-state index contributed by atoms with van der Waals surface area (Å²) in [5.74, 6) is 0.435. The Bertz CT molecular complexity index is 962. The Labute approximate surface area is 156 Å². The molecule has 26 heavy (non-hydrogen) atoms. The fourth-order valence-corrected chi connectivity index (χ4v) is 4.52. The maximum Gasteiger partial charge on any atom is 0.0978 e. The van der Waals surface area contributed by atoms with Crippen LogP contribution in [-0.4, -0.2) is 25.5 Å². The second kappa shape index (κ2) is 6.65. The van der Waals surface area contributed by atoms with Crippen molar-refractivity contribution >= 4 is 22.0 Å². The van der Waals surface area contributed by atoms with Crippen molar-refractivity contribution < 1.29 is 13.5 Å². The molecule has 0 amide bonds. The first-order chi connectivity index (χ1) is 12.4. The van der Waals surface area contributed by atoms with E-state index in [2.05, 4.69) is 26.0 Å². The highest BCUT2D eigenvalue weighted by Gasteiger charge is 2.29. The summed E-state index contributed by atoms with van der Waals surface area (Å²) in [7, 11) is 0. The van der Waals surface area contributed by atoms with Gasteiger partial charge >= 0.3 is 0 Å². The third-order valence-corrected chi connectivity index (χ3v) is 5.79. The van der Waals surface area contributed by atoms with Crippen molar-refractivity contribution in [2.75, 3.05) is 6.61 Å². The van der Waals surface area contributed by atoms with Crippen molar-refractivity contribution in [3.8, 4) is 5.69 Å². The molecule has 2 heterocycles. The third kappa shape index (κ3) is 3.22. The van der Waals surface area contributed by atoms with E-state index in [-0.39, 0.29) is 10.6 Å². The summed E-state index contributed by atoms with van der Waals surface area (Å²) in [5, 5.41) is 1.24. The van der Waals surface area contributed by atoms with Gasteiger partial charge in [0.1, 0.15) is 0 Å². The summed E-state index contributed by atoms with van der Waals surface area (Å²) in [6.45, 7) is 5.01. The van der Waals surface area contributed by atoms with Crippen molar-refractivity contribution in [3.05, 3.63) is 60.2 Å². The minimum Gasteiger partial charge on any atom is -0.767 e. The Morgan fingerprint density at radius 1 is 1.15 bits per heavy atom. The highest BCUT2D eigenvalue weighted by atomic mass is 32.2. The Morgan fingerprint density at radius 3 is 2.62 bits per heavy atom. The molecule has 0 radical (unpaired) electrons. The Hall–Kier alpha value is -1.95. The number of para-hydroxylation sites is 1. The molecule has 136 valence electrons. The summed E-state index contributed by atoms with van der Waals surface area (Å²) >= 11 is -2.30. The molecule has 2 aromatic carbocycles. The Kier molecular flexibility index (Phi) is 4.47. The normalized spacial score (nSPS) is 21.0. The number of benzene rings is 2. The molecule has 4 rings (SSSR count). The molecule has 1 unspecified atom stereocenters. The van der Waals surface area contributed by atoms with Gasteiger partial charge < -0.3 is 13.9 Å². The zero-order valence-electron chi connectivity index (χ0n) is 15.0. The molecule has 3 aromatic rings. The molecule has 2 atom stereocenters. The van der Waals surface area contributed by atoms with Crippen molar-refractivity contribution in [3.63, 3.8) is 0 Å². The first-order valence-corrected chi connectivity index (χ1v) is 9.96. The van der Waals surface area contributed by atoms with E-state index >= 15 is 0 Å². The van der Waals surface area contributed by atoms with Crippen LogP contribution in [-0.2, 0) is 15.8 Å². The van der Waals surface area contributed by atoms with Gasteiger partial charge in [-0.15, -0.1) is 0 Å². The number of hydrogen-bond donors (Lipinski definition) is 0. The van der Waals surface area contributed by atoms with E-state index in [0.29, 0.717) is 5.92 Å². The molecule has 4 nitrogen and oxygen atoms in total. The van der Waals surface area contributed by atoms with Crippen molar-refractivity contribution in [2.24, 2.45) is 0 Å². The van der Waals surface area contributed by atoms with E-state index in [0.717, 1.165) is 36.0 Å². The highest BCUT2D eigenvalue weighted by Crippen LogP contribution is 2.37. The number of ether oxygens (including phenoxy) is 1. The van der Waals surface area contributed by atoms with E-state index in [1.54, 1.807) is 10.6 Å². The van der Waals surface area contributed by atoms with Crippen LogP contribution < -0.4 is 0 Å². The molecule has 1 saturated heterocycles. The zero-order valence-corrected chi connectivity index (χ0v) is 15.8. The van der Waals surface area contributed by atoms with Crippen molar-refractivity contribution in [1.82, 2.24) is 4.57 Å². The average Bonchev–Trinajstić information content (AvgIpc) is 3.00. The van der Waals surface area contributed by atoms with Gasteiger partial charge in [-0.2, -0.15) is 0 Å². The van der Waals surface area contributed by atoms with Crippen LogP contribution in [0.2, 0.25) is 0 Å². The van der Waals surface area contributed by atoms with E-state index in [1.807, 2.05) is 36.4 Å². The number of aromatic nitrogens is 1. The maximum absolute atomic E-state index is 11.8. The molecule has 0 N–H and O–H groups in total. The average molecular weight is 368 g/mol. The van der Waals surface area contributed by atoms with Gasteiger partial charge in [0, 0.05) is 17.7 Å². The molecule has 0 saturated carbocycles. The molecular weight excluding hydrogens is 346 g/mol. The molecule has 1 fully saturated rings. The minimum atomic E-state index is -2.30. The summed E-state index contributed by atoms with van der Waals surface area (Å²) in [6, 6.07) is 17.7. The number of nitrogens with zero attached hydrogens (tertiary/aromatic N) is 1. The molecule has 0 aliphatic carbocycles. The predicted octanol–water partition coefficient (Wildman–Crippen LogP) is 4.54. The molecular formula is C21H22NO3S-. The van der Waals surface area contributed by atoms with Crippen LogP contribution in [0.4, 0.5) is 0 Å². The van der Waals surface area contributed by atoms with Crippen molar-refractivity contribution in [2.45, 2.75) is 43.2 Å². The quantitative estimate of drug-likeness (QED) is 0.638. The SMILES string of the molecule is CC1(C)C[C@@H](c2ccc3c(c2)cc(S(=O)[O-])n3-c2ccccc2)CCO1. The third-order valence-electron chi connectivity index (χ3n) is 5.15. The monoisotopic (exact) mass is 368 g/mol. The van der Waals surface area contributed by atoms with E-state index in [9.17, 15) is 8.76 Å².